The Balaban J connectivity index is 2.02. The minimum absolute atomic E-state index is 0.140. The zero-order valence-electron chi connectivity index (χ0n) is 15.4. The highest BCUT2D eigenvalue weighted by molar-refractivity contribution is 6.08. The molecule has 6 nitrogen and oxygen atoms in total. The Labute approximate surface area is 159 Å². The van der Waals surface area contributed by atoms with E-state index in [1.165, 1.54) is 6.07 Å². The number of nitriles is 1. The third kappa shape index (κ3) is 2.79. The Morgan fingerprint density at radius 3 is 2.57 bits per heavy atom. The van der Waals surface area contributed by atoms with Crippen LogP contribution in [0.1, 0.15) is 38.3 Å². The number of fused-ring (bicyclic) bond motifs is 2. The van der Waals surface area contributed by atoms with Crippen LogP contribution < -0.4 is 4.90 Å². The molecule has 2 fully saturated rings. The van der Waals surface area contributed by atoms with Crippen molar-refractivity contribution in [3.05, 3.63) is 29.3 Å². The second-order valence-corrected chi connectivity index (χ2v) is 7.74. The lowest BCUT2D eigenvalue weighted by Gasteiger charge is -2.38. The van der Waals surface area contributed by atoms with E-state index in [9.17, 15) is 27.9 Å². The van der Waals surface area contributed by atoms with E-state index in [1.807, 2.05) is 0 Å². The first-order valence-electron chi connectivity index (χ1n) is 8.67. The monoisotopic (exact) mass is 396 g/mol. The van der Waals surface area contributed by atoms with E-state index in [1.54, 1.807) is 20.8 Å². The molecule has 2 aliphatic rings. The number of imide groups is 1. The molecule has 0 radical (unpaired) electrons. The highest BCUT2D eigenvalue weighted by Gasteiger charge is 2.68. The number of amides is 2. The van der Waals surface area contributed by atoms with Gasteiger partial charge in [0, 0.05) is 6.42 Å². The van der Waals surface area contributed by atoms with Crippen molar-refractivity contribution >= 4 is 18.0 Å². The quantitative estimate of drug-likeness (QED) is 0.794. The average molecular weight is 396 g/mol. The second-order valence-electron chi connectivity index (χ2n) is 7.74. The summed E-state index contributed by atoms with van der Waals surface area (Å²) in [5, 5.41) is 19.3. The maximum atomic E-state index is 13.2. The van der Waals surface area contributed by atoms with Gasteiger partial charge in [0.2, 0.25) is 12.3 Å². The molecule has 0 spiro atoms. The molecule has 0 aromatic heterocycles. The molecule has 1 N–H and O–H groups in total. The Bertz CT molecular complexity index is 881. The van der Waals surface area contributed by atoms with Gasteiger partial charge in [0.25, 0.3) is 0 Å². The maximum absolute atomic E-state index is 13.2. The van der Waals surface area contributed by atoms with Gasteiger partial charge in [0.15, 0.2) is 0 Å². The molecule has 2 amide bonds. The summed E-state index contributed by atoms with van der Waals surface area (Å²) in [6.07, 6.45) is -5.30. The van der Waals surface area contributed by atoms with Crippen LogP contribution >= 0.6 is 0 Å². The molecular formula is C19H19F3N2O4. The number of halogens is 3. The Kier molecular flexibility index (Phi) is 4.56. The first-order valence-corrected chi connectivity index (χ1v) is 8.67. The van der Waals surface area contributed by atoms with Gasteiger partial charge in [0.1, 0.15) is 5.60 Å². The minimum atomic E-state index is -4.82. The van der Waals surface area contributed by atoms with Gasteiger partial charge in [-0.3, -0.25) is 14.5 Å². The van der Waals surface area contributed by atoms with Crippen LogP contribution in [0.25, 0.3) is 0 Å². The number of benzene rings is 1. The van der Waals surface area contributed by atoms with Crippen molar-refractivity contribution < 1.29 is 32.6 Å². The fourth-order valence-electron chi connectivity index (χ4n) is 4.46. The SMILES string of the molecule is C[C@H]1[C@@H](C(=O)N(C=O)c2ccc(C#N)c(C(F)(F)F)c2)C2(C)OC1(C)C[C@H]2O. The topological polar surface area (TPSA) is 90.6 Å². The minimum Gasteiger partial charge on any atom is -0.390 e. The number of anilines is 1. The van der Waals surface area contributed by atoms with Crippen molar-refractivity contribution in [1.82, 2.24) is 0 Å². The zero-order chi connectivity index (χ0) is 21.1. The molecule has 0 aliphatic carbocycles. The standard InChI is InChI=1S/C19H19F3N2O4/c1-10-15(18(3)14(26)7-17(10,2)28-18)16(27)24(9-25)12-5-4-11(8-23)13(6-12)19(20,21)22/h4-6,9-10,14-15,26H,7H2,1-3H3/t10-,14+,15-,17?,18?/m0/s1. The smallest absolute Gasteiger partial charge is 0.390 e. The molecule has 2 unspecified atom stereocenters. The molecule has 2 heterocycles. The molecule has 0 saturated carbocycles. The van der Waals surface area contributed by atoms with Crippen molar-refractivity contribution in [2.24, 2.45) is 11.8 Å². The van der Waals surface area contributed by atoms with Crippen molar-refractivity contribution in [1.29, 1.82) is 5.26 Å². The van der Waals surface area contributed by atoms with E-state index in [4.69, 9.17) is 10.00 Å². The summed E-state index contributed by atoms with van der Waals surface area (Å²) in [6, 6.07) is 4.08. The summed E-state index contributed by atoms with van der Waals surface area (Å²) in [4.78, 5) is 25.4. The predicted molar refractivity (Wildman–Crippen MR) is 90.9 cm³/mol. The van der Waals surface area contributed by atoms with Gasteiger partial charge in [-0.25, -0.2) is 0 Å². The second kappa shape index (κ2) is 6.29. The predicted octanol–water partition coefficient (Wildman–Crippen LogP) is 2.63. The Morgan fingerprint density at radius 1 is 1.43 bits per heavy atom. The lowest BCUT2D eigenvalue weighted by molar-refractivity contribution is -0.138. The number of hydrogen-bond acceptors (Lipinski definition) is 5. The van der Waals surface area contributed by atoms with Crippen LogP contribution in [0.15, 0.2) is 18.2 Å². The summed E-state index contributed by atoms with van der Waals surface area (Å²) in [7, 11) is 0. The van der Waals surface area contributed by atoms with Gasteiger partial charge in [-0.2, -0.15) is 18.4 Å². The summed E-state index contributed by atoms with van der Waals surface area (Å²) < 4.78 is 45.6. The molecular weight excluding hydrogens is 377 g/mol. The van der Waals surface area contributed by atoms with Gasteiger partial charge in [-0.05, 0) is 38.0 Å². The molecule has 5 atom stereocenters. The van der Waals surface area contributed by atoms with Crippen molar-refractivity contribution in [3.8, 4) is 6.07 Å². The third-order valence-corrected chi connectivity index (χ3v) is 6.11. The van der Waals surface area contributed by atoms with Crippen molar-refractivity contribution in [3.63, 3.8) is 0 Å². The summed E-state index contributed by atoms with van der Waals surface area (Å²) in [5.74, 6) is -2.04. The molecule has 1 aromatic rings. The average Bonchev–Trinajstić information content (AvgIpc) is 2.96. The van der Waals surface area contributed by atoms with Gasteiger partial charge < -0.3 is 9.84 Å². The fraction of sp³-hybridized carbons (Fsp3) is 0.526. The van der Waals surface area contributed by atoms with E-state index in [0.717, 1.165) is 12.1 Å². The summed E-state index contributed by atoms with van der Waals surface area (Å²) >= 11 is 0. The third-order valence-electron chi connectivity index (χ3n) is 6.11. The molecule has 150 valence electrons. The number of aliphatic hydroxyl groups is 1. The van der Waals surface area contributed by atoms with Crippen LogP contribution in [-0.2, 0) is 20.5 Å². The van der Waals surface area contributed by atoms with Gasteiger partial charge in [-0.15, -0.1) is 0 Å². The summed E-state index contributed by atoms with van der Waals surface area (Å²) in [6.45, 7) is 5.08. The van der Waals surface area contributed by atoms with Crippen LogP contribution in [-0.4, -0.2) is 34.7 Å². The van der Waals surface area contributed by atoms with Crippen LogP contribution in [0.4, 0.5) is 18.9 Å². The maximum Gasteiger partial charge on any atom is 0.417 e. The van der Waals surface area contributed by atoms with E-state index < -0.39 is 46.4 Å². The number of aliphatic hydroxyl groups excluding tert-OH is 1. The van der Waals surface area contributed by atoms with E-state index in [0.29, 0.717) is 17.4 Å². The lowest BCUT2D eigenvalue weighted by Crippen LogP contribution is -2.54. The first kappa shape index (κ1) is 20.3. The van der Waals surface area contributed by atoms with E-state index in [2.05, 4.69) is 0 Å². The van der Waals surface area contributed by atoms with Gasteiger partial charge >= 0.3 is 6.18 Å². The Morgan fingerprint density at radius 2 is 2.07 bits per heavy atom. The highest BCUT2D eigenvalue weighted by Crippen LogP contribution is 2.57. The fourth-order valence-corrected chi connectivity index (χ4v) is 4.46. The number of hydrogen-bond donors (Lipinski definition) is 1. The van der Waals surface area contributed by atoms with Gasteiger partial charge in [0.05, 0.1) is 40.5 Å². The first-order chi connectivity index (χ1) is 12.9. The molecule has 2 saturated heterocycles. The number of rotatable bonds is 3. The number of ether oxygens (including phenoxy) is 1. The molecule has 3 rings (SSSR count). The molecule has 2 bridgehead atoms. The molecule has 9 heteroatoms. The van der Waals surface area contributed by atoms with Crippen molar-refractivity contribution in [2.75, 3.05) is 4.90 Å². The van der Waals surface area contributed by atoms with Gasteiger partial charge in [-0.1, -0.05) is 6.92 Å². The lowest BCUT2D eigenvalue weighted by atomic mass is 9.66. The zero-order valence-corrected chi connectivity index (χ0v) is 15.4. The van der Waals surface area contributed by atoms with Crippen molar-refractivity contribution in [2.45, 2.75) is 50.7 Å². The van der Waals surface area contributed by atoms with Crippen LogP contribution in [0.5, 0.6) is 0 Å². The molecule has 28 heavy (non-hydrogen) atoms. The number of alkyl halides is 3. The number of nitrogens with zero attached hydrogens (tertiary/aromatic N) is 2. The largest absolute Gasteiger partial charge is 0.417 e. The highest BCUT2D eigenvalue weighted by atomic mass is 19.4. The molecule has 2 aliphatic heterocycles. The normalized spacial score (nSPS) is 34.1. The van der Waals surface area contributed by atoms with E-state index >= 15 is 0 Å². The molecule has 1 aromatic carbocycles. The summed E-state index contributed by atoms with van der Waals surface area (Å²) in [5.41, 5.74) is -4.16. The number of carbonyl (C=O) groups is 2. The number of carbonyl (C=O) groups excluding carboxylic acids is 2. The Hall–Kier alpha value is -2.44. The van der Waals surface area contributed by atoms with Crippen LogP contribution in [0.3, 0.4) is 0 Å². The van der Waals surface area contributed by atoms with E-state index in [-0.39, 0.29) is 18.0 Å². The van der Waals surface area contributed by atoms with Crippen LogP contribution in [0, 0.1) is 23.2 Å². The van der Waals surface area contributed by atoms with Crippen LogP contribution in [0.2, 0.25) is 0 Å².